The molecule has 0 atom stereocenters. The molecule has 0 unspecified atom stereocenters. The lowest BCUT2D eigenvalue weighted by atomic mass is 10.2. The van der Waals surface area contributed by atoms with Crippen LogP contribution >= 0.6 is 11.8 Å². The second-order valence-corrected chi connectivity index (χ2v) is 4.97. The van der Waals surface area contributed by atoms with Gasteiger partial charge in [0.05, 0.1) is 25.7 Å². The Hall–Kier alpha value is -1.60. The standard InChI is InChI=1S/C14H20N2O4S/c1-19-10-9-16(8-6-12(17)20-2)14(18)11-5-4-7-15-13(11)21-3/h4-5,7H,6,8-10H2,1-3H3. The van der Waals surface area contributed by atoms with Crippen LogP contribution in [0.15, 0.2) is 23.4 Å². The molecular weight excluding hydrogens is 292 g/mol. The number of carbonyl (C=O) groups is 2. The van der Waals surface area contributed by atoms with E-state index < -0.39 is 0 Å². The van der Waals surface area contributed by atoms with E-state index in [0.717, 1.165) is 0 Å². The fourth-order valence-electron chi connectivity index (χ4n) is 1.73. The minimum absolute atomic E-state index is 0.154. The van der Waals surface area contributed by atoms with E-state index in [4.69, 9.17) is 4.74 Å². The van der Waals surface area contributed by atoms with E-state index in [1.165, 1.54) is 18.9 Å². The van der Waals surface area contributed by atoms with Crippen LogP contribution in [0.3, 0.4) is 0 Å². The molecular formula is C14H20N2O4S. The third kappa shape index (κ3) is 5.35. The van der Waals surface area contributed by atoms with Gasteiger partial charge >= 0.3 is 5.97 Å². The number of pyridine rings is 1. The predicted molar refractivity (Wildman–Crippen MR) is 80.4 cm³/mol. The summed E-state index contributed by atoms with van der Waals surface area (Å²) in [5, 5.41) is 0.669. The van der Waals surface area contributed by atoms with Crippen molar-refractivity contribution in [2.45, 2.75) is 11.4 Å². The maximum absolute atomic E-state index is 12.6. The number of esters is 1. The molecule has 21 heavy (non-hydrogen) atoms. The Kier molecular flexibility index (Phi) is 7.78. The highest BCUT2D eigenvalue weighted by molar-refractivity contribution is 7.98. The van der Waals surface area contributed by atoms with Gasteiger partial charge in [-0.15, -0.1) is 11.8 Å². The smallest absolute Gasteiger partial charge is 0.307 e. The molecule has 0 aliphatic rings. The van der Waals surface area contributed by atoms with Gasteiger partial charge in [0, 0.05) is 26.4 Å². The summed E-state index contributed by atoms with van der Waals surface area (Å²) in [6, 6.07) is 3.46. The lowest BCUT2D eigenvalue weighted by Gasteiger charge is -2.22. The monoisotopic (exact) mass is 312 g/mol. The summed E-state index contributed by atoms with van der Waals surface area (Å²) >= 11 is 1.41. The summed E-state index contributed by atoms with van der Waals surface area (Å²) in [6.45, 7) is 1.11. The molecule has 6 nitrogen and oxygen atoms in total. The Balaban J connectivity index is 2.85. The summed E-state index contributed by atoms with van der Waals surface area (Å²) in [4.78, 5) is 29.6. The second kappa shape index (κ2) is 9.36. The van der Waals surface area contributed by atoms with E-state index in [0.29, 0.717) is 23.7 Å². The lowest BCUT2D eigenvalue weighted by molar-refractivity contribution is -0.140. The first kappa shape index (κ1) is 17.5. The molecule has 0 saturated heterocycles. The van der Waals surface area contributed by atoms with Crippen LogP contribution in [-0.2, 0) is 14.3 Å². The first-order valence-corrected chi connectivity index (χ1v) is 7.70. The normalized spacial score (nSPS) is 10.2. The van der Waals surface area contributed by atoms with Gasteiger partial charge in [-0.2, -0.15) is 0 Å². The fourth-order valence-corrected chi connectivity index (χ4v) is 2.27. The number of methoxy groups -OCH3 is 2. The molecule has 0 aliphatic carbocycles. The van der Waals surface area contributed by atoms with Crippen molar-refractivity contribution >= 4 is 23.6 Å². The van der Waals surface area contributed by atoms with Crippen LogP contribution in [0.2, 0.25) is 0 Å². The van der Waals surface area contributed by atoms with Gasteiger partial charge in [-0.25, -0.2) is 4.98 Å². The van der Waals surface area contributed by atoms with Gasteiger partial charge in [-0.05, 0) is 18.4 Å². The van der Waals surface area contributed by atoms with Crippen molar-refractivity contribution in [1.82, 2.24) is 9.88 Å². The number of hydrogen-bond acceptors (Lipinski definition) is 6. The number of thioether (sulfide) groups is 1. The zero-order valence-electron chi connectivity index (χ0n) is 12.5. The maximum atomic E-state index is 12.6. The molecule has 0 fully saturated rings. The van der Waals surface area contributed by atoms with Crippen LogP contribution in [0.4, 0.5) is 0 Å². The van der Waals surface area contributed by atoms with E-state index in [1.807, 2.05) is 6.26 Å². The fraction of sp³-hybridized carbons (Fsp3) is 0.500. The van der Waals surface area contributed by atoms with E-state index in [9.17, 15) is 9.59 Å². The van der Waals surface area contributed by atoms with E-state index in [-0.39, 0.29) is 24.8 Å². The largest absolute Gasteiger partial charge is 0.469 e. The molecule has 1 heterocycles. The Morgan fingerprint density at radius 1 is 1.33 bits per heavy atom. The van der Waals surface area contributed by atoms with Gasteiger partial charge in [0.15, 0.2) is 0 Å². The molecule has 0 radical (unpaired) electrons. The molecule has 0 aromatic carbocycles. The van der Waals surface area contributed by atoms with Crippen molar-refractivity contribution in [3.63, 3.8) is 0 Å². The molecule has 1 aromatic heterocycles. The van der Waals surface area contributed by atoms with Crippen molar-refractivity contribution in [3.8, 4) is 0 Å². The quantitative estimate of drug-likeness (QED) is 0.535. The lowest BCUT2D eigenvalue weighted by Crippen LogP contribution is -2.36. The molecule has 0 spiro atoms. The topological polar surface area (TPSA) is 68.7 Å². The molecule has 116 valence electrons. The number of carbonyl (C=O) groups excluding carboxylic acids is 2. The molecule has 0 bridgehead atoms. The molecule has 1 aromatic rings. The number of amides is 1. The van der Waals surface area contributed by atoms with E-state index >= 15 is 0 Å². The van der Waals surface area contributed by atoms with Crippen molar-refractivity contribution in [1.29, 1.82) is 0 Å². The first-order valence-electron chi connectivity index (χ1n) is 6.48. The number of rotatable bonds is 8. The van der Waals surface area contributed by atoms with E-state index in [2.05, 4.69) is 9.72 Å². The van der Waals surface area contributed by atoms with Crippen molar-refractivity contribution in [3.05, 3.63) is 23.9 Å². The number of nitrogens with zero attached hydrogens (tertiary/aromatic N) is 2. The Bertz CT molecular complexity index is 482. The highest BCUT2D eigenvalue weighted by Gasteiger charge is 2.20. The predicted octanol–water partition coefficient (Wildman–Crippen LogP) is 1.46. The Labute approximate surface area is 128 Å². The number of hydrogen-bond donors (Lipinski definition) is 0. The van der Waals surface area contributed by atoms with E-state index in [1.54, 1.807) is 30.3 Å². The van der Waals surface area contributed by atoms with Crippen LogP contribution < -0.4 is 0 Å². The minimum Gasteiger partial charge on any atom is -0.469 e. The number of ether oxygens (including phenoxy) is 2. The third-order valence-electron chi connectivity index (χ3n) is 2.86. The third-order valence-corrected chi connectivity index (χ3v) is 3.57. The molecule has 1 rings (SSSR count). The van der Waals surface area contributed by atoms with Crippen LogP contribution in [-0.4, -0.2) is 61.9 Å². The van der Waals surface area contributed by atoms with Gasteiger partial charge in [-0.3, -0.25) is 9.59 Å². The molecule has 7 heteroatoms. The highest BCUT2D eigenvalue weighted by atomic mass is 32.2. The van der Waals surface area contributed by atoms with Gasteiger partial charge < -0.3 is 14.4 Å². The second-order valence-electron chi connectivity index (χ2n) is 4.17. The zero-order valence-corrected chi connectivity index (χ0v) is 13.3. The summed E-state index contributed by atoms with van der Waals surface area (Å²) in [5.74, 6) is -0.505. The van der Waals surface area contributed by atoms with Gasteiger partial charge in [-0.1, -0.05) is 0 Å². The Morgan fingerprint density at radius 2 is 2.10 bits per heavy atom. The summed E-state index contributed by atoms with van der Waals surface area (Å²) in [7, 11) is 2.90. The molecule has 0 aliphatic heterocycles. The first-order chi connectivity index (χ1) is 10.1. The average Bonchev–Trinajstić information content (AvgIpc) is 2.53. The molecule has 1 amide bonds. The maximum Gasteiger partial charge on any atom is 0.307 e. The van der Waals surface area contributed by atoms with Gasteiger partial charge in [0.25, 0.3) is 5.91 Å². The van der Waals surface area contributed by atoms with Gasteiger partial charge in [0.1, 0.15) is 5.03 Å². The van der Waals surface area contributed by atoms with Crippen LogP contribution in [0.5, 0.6) is 0 Å². The van der Waals surface area contributed by atoms with Gasteiger partial charge in [0.2, 0.25) is 0 Å². The summed E-state index contributed by atoms with van der Waals surface area (Å²) < 4.78 is 9.63. The van der Waals surface area contributed by atoms with Crippen LogP contribution in [0.25, 0.3) is 0 Å². The van der Waals surface area contributed by atoms with Crippen LogP contribution in [0, 0.1) is 0 Å². The number of aromatic nitrogens is 1. The van der Waals surface area contributed by atoms with Crippen molar-refractivity contribution < 1.29 is 19.1 Å². The SMILES string of the molecule is COCCN(CCC(=O)OC)C(=O)c1cccnc1SC. The van der Waals surface area contributed by atoms with Crippen LogP contribution in [0.1, 0.15) is 16.8 Å². The van der Waals surface area contributed by atoms with Crippen molar-refractivity contribution in [2.24, 2.45) is 0 Å². The minimum atomic E-state index is -0.346. The molecule has 0 N–H and O–H groups in total. The Morgan fingerprint density at radius 3 is 2.71 bits per heavy atom. The summed E-state index contributed by atoms with van der Waals surface area (Å²) in [5.41, 5.74) is 0.533. The highest BCUT2D eigenvalue weighted by Crippen LogP contribution is 2.18. The molecule has 0 saturated carbocycles. The average molecular weight is 312 g/mol. The summed E-state index contributed by atoms with van der Waals surface area (Å²) in [6.07, 6.45) is 3.67. The van der Waals surface area contributed by atoms with Crippen molar-refractivity contribution in [2.75, 3.05) is 40.2 Å². The zero-order chi connectivity index (χ0) is 15.7.